The molecule has 3 rings (SSSR count). The number of hydrogen-bond donors (Lipinski definition) is 2. The molecule has 1 saturated carbocycles. The molecule has 0 saturated heterocycles. The molecule has 122 valence electrons. The molecule has 0 bridgehead atoms. The first-order valence-corrected chi connectivity index (χ1v) is 7.84. The molecule has 0 aliphatic heterocycles. The largest absolute Gasteiger partial charge is 0.366 e. The second kappa shape index (κ2) is 6.48. The first kappa shape index (κ1) is 15.6. The minimum atomic E-state index is -0.840. The van der Waals surface area contributed by atoms with Crippen molar-refractivity contribution in [1.82, 2.24) is 9.97 Å². The van der Waals surface area contributed by atoms with Crippen molar-refractivity contribution in [3.05, 3.63) is 47.2 Å². The van der Waals surface area contributed by atoms with Crippen molar-refractivity contribution >= 4 is 11.8 Å². The highest BCUT2D eigenvalue weighted by Crippen LogP contribution is 2.39. The van der Waals surface area contributed by atoms with Crippen LogP contribution < -0.4 is 10.6 Å². The van der Waals surface area contributed by atoms with Gasteiger partial charge in [0.15, 0.2) is 11.6 Å². The second-order valence-corrected chi connectivity index (χ2v) is 6.18. The predicted molar refractivity (Wildman–Crippen MR) is 86.5 cm³/mol. The molecule has 0 radical (unpaired) electrons. The van der Waals surface area contributed by atoms with Crippen LogP contribution in [-0.2, 0) is 6.54 Å². The van der Waals surface area contributed by atoms with E-state index in [-0.39, 0.29) is 6.04 Å². The van der Waals surface area contributed by atoms with Crippen molar-refractivity contribution in [3.63, 3.8) is 0 Å². The molecule has 1 heterocycles. The minimum Gasteiger partial charge on any atom is -0.366 e. The van der Waals surface area contributed by atoms with Crippen LogP contribution in [0.2, 0.25) is 0 Å². The Morgan fingerprint density at radius 2 is 1.91 bits per heavy atom. The first-order valence-electron chi connectivity index (χ1n) is 7.84. The summed E-state index contributed by atoms with van der Waals surface area (Å²) in [5.74, 6) is 0.115. The lowest BCUT2D eigenvalue weighted by molar-refractivity contribution is 0.507. The molecule has 4 nitrogen and oxygen atoms in total. The Morgan fingerprint density at radius 1 is 1.13 bits per heavy atom. The van der Waals surface area contributed by atoms with Crippen LogP contribution in [0.15, 0.2) is 24.3 Å². The van der Waals surface area contributed by atoms with Gasteiger partial charge in [0.25, 0.3) is 0 Å². The zero-order chi connectivity index (χ0) is 16.4. The molecule has 0 amide bonds. The molecule has 1 aliphatic carbocycles. The Labute approximate surface area is 134 Å². The highest BCUT2D eigenvalue weighted by atomic mass is 19.2. The molecule has 6 heteroatoms. The fourth-order valence-corrected chi connectivity index (χ4v) is 2.31. The van der Waals surface area contributed by atoms with Crippen molar-refractivity contribution in [2.45, 2.75) is 45.2 Å². The Kier molecular flexibility index (Phi) is 4.41. The molecule has 0 unspecified atom stereocenters. The SMILES string of the molecule is CC(C)Nc1nc(NCc2ccc(F)c(F)c2)cc(C2CC2)n1. The van der Waals surface area contributed by atoms with Gasteiger partial charge in [0, 0.05) is 24.6 Å². The van der Waals surface area contributed by atoms with E-state index in [9.17, 15) is 8.78 Å². The van der Waals surface area contributed by atoms with Crippen LogP contribution in [0.5, 0.6) is 0 Å². The lowest BCUT2D eigenvalue weighted by Gasteiger charge is -2.13. The summed E-state index contributed by atoms with van der Waals surface area (Å²) in [6.07, 6.45) is 2.31. The molecule has 2 aromatic rings. The normalized spacial score (nSPS) is 14.1. The van der Waals surface area contributed by atoms with E-state index in [0.717, 1.165) is 24.6 Å². The van der Waals surface area contributed by atoms with Gasteiger partial charge in [-0.15, -0.1) is 0 Å². The van der Waals surface area contributed by atoms with Crippen LogP contribution in [0.4, 0.5) is 20.5 Å². The van der Waals surface area contributed by atoms with E-state index >= 15 is 0 Å². The van der Waals surface area contributed by atoms with E-state index < -0.39 is 11.6 Å². The van der Waals surface area contributed by atoms with E-state index in [1.165, 1.54) is 6.07 Å². The van der Waals surface area contributed by atoms with Crippen LogP contribution in [-0.4, -0.2) is 16.0 Å². The molecule has 0 spiro atoms. The molecule has 2 N–H and O–H groups in total. The third-order valence-corrected chi connectivity index (χ3v) is 3.62. The van der Waals surface area contributed by atoms with Gasteiger partial charge in [-0.2, -0.15) is 4.98 Å². The molecule has 1 aromatic heterocycles. The monoisotopic (exact) mass is 318 g/mol. The number of nitrogens with zero attached hydrogens (tertiary/aromatic N) is 2. The third kappa shape index (κ3) is 4.15. The van der Waals surface area contributed by atoms with E-state index in [1.807, 2.05) is 19.9 Å². The standard InChI is InChI=1S/C17H20F2N4/c1-10(2)21-17-22-15(12-4-5-12)8-16(23-17)20-9-11-3-6-13(18)14(19)7-11/h3,6-8,10,12H,4-5,9H2,1-2H3,(H2,20,21,22,23). The van der Waals surface area contributed by atoms with Gasteiger partial charge in [-0.1, -0.05) is 6.07 Å². The zero-order valence-corrected chi connectivity index (χ0v) is 13.2. The van der Waals surface area contributed by atoms with E-state index in [2.05, 4.69) is 20.6 Å². The molecule has 1 fully saturated rings. The van der Waals surface area contributed by atoms with Crippen molar-refractivity contribution in [2.24, 2.45) is 0 Å². The maximum atomic E-state index is 13.3. The Bertz CT molecular complexity index is 699. The van der Waals surface area contributed by atoms with Crippen LogP contribution in [0.3, 0.4) is 0 Å². The summed E-state index contributed by atoms with van der Waals surface area (Å²) in [6.45, 7) is 4.43. The summed E-state index contributed by atoms with van der Waals surface area (Å²) >= 11 is 0. The van der Waals surface area contributed by atoms with Crippen molar-refractivity contribution < 1.29 is 8.78 Å². The number of aromatic nitrogens is 2. The van der Waals surface area contributed by atoms with Crippen molar-refractivity contribution in [1.29, 1.82) is 0 Å². The van der Waals surface area contributed by atoms with Crippen LogP contribution in [0, 0.1) is 11.6 Å². The van der Waals surface area contributed by atoms with Crippen LogP contribution in [0.1, 0.15) is 43.9 Å². The molecule has 1 aliphatic rings. The third-order valence-electron chi connectivity index (χ3n) is 3.62. The highest BCUT2D eigenvalue weighted by molar-refractivity contribution is 5.44. The smallest absolute Gasteiger partial charge is 0.225 e. The van der Waals surface area contributed by atoms with Crippen LogP contribution >= 0.6 is 0 Å². The van der Waals surface area contributed by atoms with Crippen LogP contribution in [0.25, 0.3) is 0 Å². The van der Waals surface area contributed by atoms with Gasteiger partial charge in [0.2, 0.25) is 5.95 Å². The topological polar surface area (TPSA) is 49.8 Å². The summed E-state index contributed by atoms with van der Waals surface area (Å²) in [5, 5.41) is 6.38. The zero-order valence-electron chi connectivity index (χ0n) is 13.2. The molecule has 23 heavy (non-hydrogen) atoms. The number of nitrogens with one attached hydrogen (secondary N) is 2. The number of anilines is 2. The summed E-state index contributed by atoms with van der Waals surface area (Å²) < 4.78 is 26.2. The second-order valence-electron chi connectivity index (χ2n) is 6.18. The van der Waals surface area contributed by atoms with Gasteiger partial charge in [0.1, 0.15) is 5.82 Å². The number of halogens is 2. The van der Waals surface area contributed by atoms with E-state index in [1.54, 1.807) is 6.07 Å². The van der Waals surface area contributed by atoms with Gasteiger partial charge in [0.05, 0.1) is 5.69 Å². The Morgan fingerprint density at radius 3 is 2.57 bits per heavy atom. The molecule has 0 atom stereocenters. The van der Waals surface area contributed by atoms with Gasteiger partial charge in [-0.25, -0.2) is 13.8 Å². The lowest BCUT2D eigenvalue weighted by atomic mass is 10.2. The Hall–Kier alpha value is -2.24. The molecular weight excluding hydrogens is 298 g/mol. The van der Waals surface area contributed by atoms with Gasteiger partial charge >= 0.3 is 0 Å². The van der Waals surface area contributed by atoms with Gasteiger partial charge in [-0.3, -0.25) is 0 Å². The molecule has 1 aromatic carbocycles. The average Bonchev–Trinajstić information content (AvgIpc) is 3.32. The predicted octanol–water partition coefficient (Wildman–Crippen LogP) is 4.06. The first-order chi connectivity index (χ1) is 11.0. The van der Waals surface area contributed by atoms with E-state index in [0.29, 0.717) is 29.8 Å². The van der Waals surface area contributed by atoms with Crippen molar-refractivity contribution in [3.8, 4) is 0 Å². The van der Waals surface area contributed by atoms with Crippen molar-refractivity contribution in [2.75, 3.05) is 10.6 Å². The Balaban J connectivity index is 1.75. The van der Waals surface area contributed by atoms with E-state index in [4.69, 9.17) is 0 Å². The summed E-state index contributed by atoms with van der Waals surface area (Å²) in [7, 11) is 0. The quantitative estimate of drug-likeness (QED) is 0.843. The molecular formula is C17H20F2N4. The summed E-state index contributed by atoms with van der Waals surface area (Å²) in [6, 6.07) is 6.06. The number of benzene rings is 1. The maximum absolute atomic E-state index is 13.3. The average molecular weight is 318 g/mol. The maximum Gasteiger partial charge on any atom is 0.225 e. The fraction of sp³-hybridized carbons (Fsp3) is 0.412. The summed E-state index contributed by atoms with van der Waals surface area (Å²) in [5.41, 5.74) is 1.68. The fourth-order valence-electron chi connectivity index (χ4n) is 2.31. The number of hydrogen-bond acceptors (Lipinski definition) is 4. The van der Waals surface area contributed by atoms with Gasteiger partial charge in [-0.05, 0) is 44.4 Å². The highest BCUT2D eigenvalue weighted by Gasteiger charge is 2.26. The number of rotatable bonds is 6. The lowest BCUT2D eigenvalue weighted by Crippen LogP contribution is -2.14. The summed E-state index contributed by atoms with van der Waals surface area (Å²) in [4.78, 5) is 8.98. The minimum absolute atomic E-state index is 0.239. The van der Waals surface area contributed by atoms with Gasteiger partial charge < -0.3 is 10.6 Å².